The molecule has 3 rings (SSSR count). The van der Waals surface area contributed by atoms with Crippen LogP contribution in [0.2, 0.25) is 0 Å². The topological polar surface area (TPSA) is 20.7 Å². The predicted octanol–water partition coefficient (Wildman–Crippen LogP) is 5.91. The number of aromatic nitrogens is 2. The molecule has 1 aromatic heterocycles. The van der Waals surface area contributed by atoms with Gasteiger partial charge in [0, 0.05) is 10.1 Å². The lowest BCUT2D eigenvalue weighted by Gasteiger charge is -2.31. The van der Waals surface area contributed by atoms with Gasteiger partial charge in [0.05, 0.1) is 11.0 Å². The predicted molar refractivity (Wildman–Crippen MR) is 100 cm³/mol. The molecule has 0 aliphatic heterocycles. The second-order valence-electron chi connectivity index (χ2n) is 6.98. The number of nitrogens with zero attached hydrogens (tertiary/aromatic N) is 1. The van der Waals surface area contributed by atoms with Crippen molar-refractivity contribution < 1.29 is 0 Å². The molecule has 1 heterocycles. The van der Waals surface area contributed by atoms with Gasteiger partial charge in [-0.1, -0.05) is 26.7 Å². The molecule has 1 N–H and O–H groups in total. The number of H-pyrrole nitrogens is 1. The summed E-state index contributed by atoms with van der Waals surface area (Å²) in [4.78, 5) is 3.39. The van der Waals surface area contributed by atoms with Crippen LogP contribution in [-0.4, -0.2) is 9.55 Å². The molecule has 1 fully saturated rings. The van der Waals surface area contributed by atoms with Crippen molar-refractivity contribution in [3.05, 3.63) is 26.5 Å². The highest BCUT2D eigenvalue weighted by Crippen LogP contribution is 2.45. The first-order valence-corrected chi connectivity index (χ1v) is 9.36. The van der Waals surface area contributed by atoms with Crippen LogP contribution in [0, 0.1) is 19.7 Å². The molecule has 0 atom stereocenters. The van der Waals surface area contributed by atoms with Crippen LogP contribution in [0.4, 0.5) is 0 Å². The van der Waals surface area contributed by atoms with E-state index < -0.39 is 0 Å². The first kappa shape index (κ1) is 15.5. The summed E-state index contributed by atoms with van der Waals surface area (Å²) < 4.78 is 4.47. The summed E-state index contributed by atoms with van der Waals surface area (Å²) in [6, 6.07) is 6.57. The molecule has 1 saturated carbocycles. The van der Waals surface area contributed by atoms with Gasteiger partial charge in [-0.15, -0.1) is 0 Å². The maximum atomic E-state index is 5.60. The van der Waals surface area contributed by atoms with Gasteiger partial charge in [0.1, 0.15) is 0 Å². The number of benzene rings is 1. The third-order valence-electron chi connectivity index (χ3n) is 4.74. The number of rotatable bonds is 4. The summed E-state index contributed by atoms with van der Waals surface area (Å²) in [5.74, 6) is 0.753. The van der Waals surface area contributed by atoms with Gasteiger partial charge in [0.2, 0.25) is 0 Å². The van der Waals surface area contributed by atoms with Crippen LogP contribution < -0.4 is 0 Å². The molecule has 0 radical (unpaired) electrons. The maximum absolute atomic E-state index is 5.60. The molecule has 0 saturated heterocycles. The Morgan fingerprint density at radius 1 is 1.33 bits per heavy atom. The van der Waals surface area contributed by atoms with E-state index >= 15 is 0 Å². The first-order chi connectivity index (χ1) is 9.99. The number of nitrogens with one attached hydrogen (secondary N) is 1. The molecule has 2 aromatic rings. The second-order valence-corrected chi connectivity index (χ2v) is 8.62. The Morgan fingerprint density at radius 3 is 2.71 bits per heavy atom. The van der Waals surface area contributed by atoms with Crippen molar-refractivity contribution in [3.8, 4) is 0 Å². The summed E-state index contributed by atoms with van der Waals surface area (Å²) in [5.41, 5.74) is 2.88. The Morgan fingerprint density at radius 2 is 2.05 bits per heavy atom. The Bertz CT molecular complexity index is 692. The van der Waals surface area contributed by atoms with Crippen LogP contribution in [0.25, 0.3) is 11.0 Å². The van der Waals surface area contributed by atoms with Gasteiger partial charge in [0.15, 0.2) is 4.77 Å². The lowest BCUT2D eigenvalue weighted by atomic mass is 9.78. The Balaban J connectivity index is 2.00. The fourth-order valence-corrected chi connectivity index (χ4v) is 4.81. The number of fused-ring (bicyclic) bond motifs is 1. The average molecular weight is 414 g/mol. The molecule has 2 nitrogen and oxygen atoms in total. The van der Waals surface area contributed by atoms with E-state index in [0.29, 0.717) is 5.41 Å². The molecule has 21 heavy (non-hydrogen) atoms. The van der Waals surface area contributed by atoms with E-state index in [1.54, 1.807) is 0 Å². The Kier molecular flexibility index (Phi) is 4.46. The van der Waals surface area contributed by atoms with Crippen molar-refractivity contribution >= 4 is 45.8 Å². The minimum atomic E-state index is 0.449. The average Bonchev–Trinajstić information content (AvgIpc) is 2.95. The molecule has 0 bridgehead atoms. The normalized spacial score (nSPS) is 17.9. The van der Waals surface area contributed by atoms with Crippen LogP contribution in [0.15, 0.2) is 18.2 Å². The van der Waals surface area contributed by atoms with E-state index in [9.17, 15) is 0 Å². The fourth-order valence-electron chi connectivity index (χ4n) is 4.05. The van der Waals surface area contributed by atoms with Crippen LogP contribution in [0.5, 0.6) is 0 Å². The molecular formula is C17H23IN2S. The fraction of sp³-hybridized carbons (Fsp3) is 0.588. The van der Waals surface area contributed by atoms with E-state index in [2.05, 4.69) is 64.2 Å². The third kappa shape index (κ3) is 3.21. The number of hydrogen-bond acceptors (Lipinski definition) is 1. The monoisotopic (exact) mass is 414 g/mol. The van der Waals surface area contributed by atoms with E-state index in [4.69, 9.17) is 12.2 Å². The highest BCUT2D eigenvalue weighted by molar-refractivity contribution is 14.1. The summed E-state index contributed by atoms with van der Waals surface area (Å²) in [6.07, 6.45) is 6.76. The number of aromatic amines is 1. The third-order valence-corrected chi connectivity index (χ3v) is 5.73. The lowest BCUT2D eigenvalue weighted by molar-refractivity contribution is 0.198. The minimum Gasteiger partial charge on any atom is -0.331 e. The van der Waals surface area contributed by atoms with Gasteiger partial charge in [-0.3, -0.25) is 0 Å². The quantitative estimate of drug-likeness (QED) is 0.487. The van der Waals surface area contributed by atoms with Gasteiger partial charge < -0.3 is 9.55 Å². The van der Waals surface area contributed by atoms with Crippen LogP contribution in [0.3, 0.4) is 0 Å². The van der Waals surface area contributed by atoms with Crippen LogP contribution >= 0.6 is 34.8 Å². The van der Waals surface area contributed by atoms with Crippen molar-refractivity contribution in [1.29, 1.82) is 0 Å². The smallest absolute Gasteiger partial charge is 0.178 e. The highest BCUT2D eigenvalue weighted by Gasteiger charge is 2.35. The van der Waals surface area contributed by atoms with Gasteiger partial charge in [0.25, 0.3) is 0 Å². The summed E-state index contributed by atoms with van der Waals surface area (Å²) >= 11 is 7.95. The molecule has 1 aliphatic carbocycles. The molecular weight excluding hydrogens is 391 g/mol. The van der Waals surface area contributed by atoms with E-state index in [1.165, 1.54) is 46.7 Å². The SMILES string of the molecule is CC(C)CC1(Cn2c(=S)[nH]c3cc(I)ccc32)CCCC1. The molecule has 114 valence electrons. The molecule has 1 aliphatic rings. The van der Waals surface area contributed by atoms with Crippen molar-refractivity contribution in [1.82, 2.24) is 9.55 Å². The summed E-state index contributed by atoms with van der Waals surface area (Å²) in [6.45, 7) is 5.76. The molecule has 0 unspecified atom stereocenters. The zero-order chi connectivity index (χ0) is 15.0. The van der Waals surface area contributed by atoms with Gasteiger partial charge in [-0.2, -0.15) is 0 Å². The largest absolute Gasteiger partial charge is 0.331 e. The van der Waals surface area contributed by atoms with Gasteiger partial charge in [-0.05, 0) is 83.6 Å². The van der Waals surface area contributed by atoms with Gasteiger partial charge in [-0.25, -0.2) is 0 Å². The van der Waals surface area contributed by atoms with Crippen molar-refractivity contribution in [2.24, 2.45) is 11.3 Å². The zero-order valence-corrected chi connectivity index (χ0v) is 15.8. The van der Waals surface area contributed by atoms with Crippen molar-refractivity contribution in [2.45, 2.75) is 52.5 Å². The highest BCUT2D eigenvalue weighted by atomic mass is 127. The van der Waals surface area contributed by atoms with Crippen LogP contribution in [-0.2, 0) is 6.54 Å². The number of hydrogen-bond donors (Lipinski definition) is 1. The molecule has 1 aromatic carbocycles. The molecule has 0 amide bonds. The van der Waals surface area contributed by atoms with Crippen molar-refractivity contribution in [2.75, 3.05) is 0 Å². The second kappa shape index (κ2) is 6.03. The Labute approximate surface area is 145 Å². The van der Waals surface area contributed by atoms with E-state index in [-0.39, 0.29) is 0 Å². The lowest BCUT2D eigenvalue weighted by Crippen LogP contribution is -2.25. The van der Waals surface area contributed by atoms with Gasteiger partial charge >= 0.3 is 0 Å². The summed E-state index contributed by atoms with van der Waals surface area (Å²) in [5, 5.41) is 0. The molecule has 4 heteroatoms. The number of halogens is 1. The minimum absolute atomic E-state index is 0.449. The van der Waals surface area contributed by atoms with Crippen molar-refractivity contribution in [3.63, 3.8) is 0 Å². The van der Waals surface area contributed by atoms with Crippen LogP contribution in [0.1, 0.15) is 46.0 Å². The zero-order valence-electron chi connectivity index (χ0n) is 12.8. The number of imidazole rings is 1. The first-order valence-electron chi connectivity index (χ1n) is 7.87. The van der Waals surface area contributed by atoms with E-state index in [0.717, 1.165) is 17.2 Å². The standard InChI is InChI=1S/C17H23IN2S/c1-12(2)10-17(7-3-4-8-17)11-20-15-6-5-13(18)9-14(15)19-16(20)21/h5-6,9,12H,3-4,7-8,10-11H2,1-2H3,(H,19,21). The Hall–Kier alpha value is -0.360. The maximum Gasteiger partial charge on any atom is 0.178 e. The van der Waals surface area contributed by atoms with E-state index in [1.807, 2.05) is 0 Å². The molecule has 0 spiro atoms. The summed E-state index contributed by atoms with van der Waals surface area (Å²) in [7, 11) is 0.